The highest BCUT2D eigenvalue weighted by molar-refractivity contribution is 7.12. The van der Waals surface area contributed by atoms with E-state index in [2.05, 4.69) is 21.2 Å². The maximum Gasteiger partial charge on any atom is 0.267 e. The average Bonchev–Trinajstić information content (AvgIpc) is 3.10. The molecule has 0 aliphatic heterocycles. The molecule has 118 valence electrons. The van der Waals surface area contributed by atoms with Crippen LogP contribution in [0.15, 0.2) is 54.3 Å². The van der Waals surface area contributed by atoms with Crippen LogP contribution in [0.3, 0.4) is 0 Å². The molecule has 1 amide bonds. The predicted molar refractivity (Wildman–Crippen MR) is 96.1 cm³/mol. The second kappa shape index (κ2) is 7.53. The van der Waals surface area contributed by atoms with E-state index in [1.54, 1.807) is 42.2 Å². The lowest BCUT2D eigenvalue weighted by atomic mass is 10.1. The zero-order chi connectivity index (χ0) is 16.8. The third-order valence-corrected chi connectivity index (χ3v) is 4.42. The van der Waals surface area contributed by atoms with Gasteiger partial charge in [0, 0.05) is 23.6 Å². The third-order valence-electron chi connectivity index (χ3n) is 3.56. The van der Waals surface area contributed by atoms with E-state index in [9.17, 15) is 4.79 Å². The van der Waals surface area contributed by atoms with Gasteiger partial charge in [0.25, 0.3) is 5.91 Å². The van der Waals surface area contributed by atoms with E-state index in [4.69, 9.17) is 6.42 Å². The fraction of sp³-hybridized carbons (Fsp3) is 0.105. The van der Waals surface area contributed by atoms with Crippen LogP contribution in [0, 0.1) is 12.3 Å². The number of nitrogens with one attached hydrogen (secondary N) is 1. The van der Waals surface area contributed by atoms with Crippen molar-refractivity contribution in [2.45, 2.75) is 12.8 Å². The van der Waals surface area contributed by atoms with Crippen molar-refractivity contribution < 1.29 is 4.79 Å². The molecule has 0 atom stereocenters. The predicted octanol–water partition coefficient (Wildman–Crippen LogP) is 3.56. The Kier molecular flexibility index (Phi) is 4.99. The van der Waals surface area contributed by atoms with E-state index in [-0.39, 0.29) is 5.91 Å². The van der Waals surface area contributed by atoms with Gasteiger partial charge in [0.15, 0.2) is 0 Å². The van der Waals surface area contributed by atoms with Crippen LogP contribution < -0.4 is 5.32 Å². The van der Waals surface area contributed by atoms with Gasteiger partial charge in [-0.1, -0.05) is 5.92 Å². The molecule has 24 heavy (non-hydrogen) atoms. The second-order valence-corrected chi connectivity index (χ2v) is 6.01. The number of amides is 1. The smallest absolute Gasteiger partial charge is 0.267 e. The molecule has 0 saturated carbocycles. The van der Waals surface area contributed by atoms with E-state index in [0.29, 0.717) is 17.0 Å². The molecule has 2 aromatic heterocycles. The van der Waals surface area contributed by atoms with Crippen LogP contribution >= 0.6 is 11.3 Å². The lowest BCUT2D eigenvalue weighted by Gasteiger charge is -2.06. The van der Waals surface area contributed by atoms with Crippen molar-refractivity contribution in [1.82, 2.24) is 9.97 Å². The largest absolute Gasteiger partial charge is 0.321 e. The van der Waals surface area contributed by atoms with Crippen LogP contribution in [-0.2, 0) is 12.8 Å². The summed E-state index contributed by atoms with van der Waals surface area (Å²) in [4.78, 5) is 21.5. The lowest BCUT2D eigenvalue weighted by molar-refractivity contribution is 0.102. The first kappa shape index (κ1) is 15.9. The molecule has 0 saturated heterocycles. The molecule has 2 heterocycles. The van der Waals surface area contributed by atoms with Gasteiger partial charge in [-0.3, -0.25) is 9.78 Å². The summed E-state index contributed by atoms with van der Waals surface area (Å²) in [5, 5.41) is 2.89. The molecule has 0 radical (unpaired) electrons. The number of benzene rings is 1. The van der Waals surface area contributed by atoms with E-state index >= 15 is 0 Å². The van der Waals surface area contributed by atoms with Gasteiger partial charge in [0.05, 0.1) is 11.2 Å². The molecular formula is C19H15N3OS. The van der Waals surface area contributed by atoms with Crippen LogP contribution in [0.4, 0.5) is 5.69 Å². The van der Waals surface area contributed by atoms with Crippen LogP contribution in [0.25, 0.3) is 0 Å². The number of aromatic nitrogens is 2. The zero-order valence-corrected chi connectivity index (χ0v) is 13.7. The minimum Gasteiger partial charge on any atom is -0.321 e. The zero-order valence-electron chi connectivity index (χ0n) is 12.9. The van der Waals surface area contributed by atoms with Gasteiger partial charge in [-0.15, -0.1) is 17.8 Å². The molecule has 0 unspecified atom stereocenters. The Bertz CT molecular complexity index is 864. The normalized spacial score (nSPS) is 10.1. The Morgan fingerprint density at radius 2 is 1.88 bits per heavy atom. The average molecular weight is 333 g/mol. The molecule has 5 heteroatoms. The van der Waals surface area contributed by atoms with Gasteiger partial charge in [-0.25, -0.2) is 4.98 Å². The van der Waals surface area contributed by atoms with Gasteiger partial charge in [-0.05, 0) is 54.8 Å². The fourth-order valence-corrected chi connectivity index (χ4v) is 3.02. The topological polar surface area (TPSA) is 54.9 Å². The van der Waals surface area contributed by atoms with Crippen LogP contribution in [0.1, 0.15) is 26.5 Å². The molecule has 0 aliphatic carbocycles. The minimum atomic E-state index is -0.143. The van der Waals surface area contributed by atoms with Crippen molar-refractivity contribution in [2.75, 3.05) is 5.32 Å². The molecule has 3 aromatic rings. The van der Waals surface area contributed by atoms with Gasteiger partial charge in [0.2, 0.25) is 0 Å². The Balaban J connectivity index is 1.67. The first-order valence-corrected chi connectivity index (χ1v) is 8.33. The first-order chi connectivity index (χ1) is 11.8. The van der Waals surface area contributed by atoms with Crippen molar-refractivity contribution in [2.24, 2.45) is 0 Å². The Hall–Kier alpha value is -2.97. The molecule has 0 aliphatic rings. The van der Waals surface area contributed by atoms with E-state index in [1.807, 2.05) is 12.1 Å². The molecule has 0 spiro atoms. The van der Waals surface area contributed by atoms with Crippen molar-refractivity contribution in [1.29, 1.82) is 0 Å². The molecule has 1 N–H and O–H groups in total. The highest BCUT2D eigenvalue weighted by atomic mass is 32.1. The fourth-order valence-electron chi connectivity index (χ4n) is 2.28. The van der Waals surface area contributed by atoms with E-state index in [1.165, 1.54) is 16.9 Å². The number of hydrogen-bond donors (Lipinski definition) is 1. The second-order valence-electron chi connectivity index (χ2n) is 5.16. The number of thiazole rings is 1. The quantitative estimate of drug-likeness (QED) is 0.726. The molecule has 0 fully saturated rings. The summed E-state index contributed by atoms with van der Waals surface area (Å²) in [6.07, 6.45) is 10.4. The number of carbonyl (C=O) groups is 1. The van der Waals surface area contributed by atoms with Crippen molar-refractivity contribution >= 4 is 22.9 Å². The van der Waals surface area contributed by atoms with Crippen LogP contribution in [0.5, 0.6) is 0 Å². The Morgan fingerprint density at radius 1 is 1.12 bits per heavy atom. The number of carbonyl (C=O) groups excluding carboxylic acids is 1. The molecular weight excluding hydrogens is 318 g/mol. The number of rotatable bonds is 5. The number of hydrogen-bond acceptors (Lipinski definition) is 4. The standard InChI is InChI=1S/C19H15N3OS/c1-2-14-3-6-16(7-4-14)22-19(23)18-17(21-13-24-18)8-5-15-9-11-20-12-10-15/h1,3-4,6-7,9-13H,5,8H2,(H,22,23). The summed E-state index contributed by atoms with van der Waals surface area (Å²) < 4.78 is 0. The van der Waals surface area contributed by atoms with E-state index < -0.39 is 0 Å². The highest BCUT2D eigenvalue weighted by Crippen LogP contribution is 2.18. The van der Waals surface area contributed by atoms with Gasteiger partial charge >= 0.3 is 0 Å². The number of nitrogens with zero attached hydrogens (tertiary/aromatic N) is 2. The molecule has 0 bridgehead atoms. The maximum absolute atomic E-state index is 12.5. The summed E-state index contributed by atoms with van der Waals surface area (Å²) in [7, 11) is 0. The number of pyridine rings is 1. The van der Waals surface area contributed by atoms with E-state index in [0.717, 1.165) is 17.7 Å². The van der Waals surface area contributed by atoms with Gasteiger partial charge in [-0.2, -0.15) is 0 Å². The summed E-state index contributed by atoms with van der Waals surface area (Å²) >= 11 is 1.35. The summed E-state index contributed by atoms with van der Waals surface area (Å²) in [6.45, 7) is 0. The number of anilines is 1. The summed E-state index contributed by atoms with van der Waals surface area (Å²) in [5.74, 6) is 2.41. The van der Waals surface area contributed by atoms with Crippen LogP contribution in [0.2, 0.25) is 0 Å². The van der Waals surface area contributed by atoms with Crippen molar-refractivity contribution in [3.8, 4) is 12.3 Å². The van der Waals surface area contributed by atoms with Crippen molar-refractivity contribution in [3.05, 3.63) is 76.0 Å². The van der Waals surface area contributed by atoms with Gasteiger partial charge < -0.3 is 5.32 Å². The lowest BCUT2D eigenvalue weighted by Crippen LogP contribution is -2.12. The number of aryl methyl sites for hydroxylation is 2. The summed E-state index contributed by atoms with van der Waals surface area (Å²) in [6, 6.07) is 11.1. The third kappa shape index (κ3) is 3.86. The first-order valence-electron chi connectivity index (χ1n) is 7.45. The molecule has 4 nitrogen and oxygen atoms in total. The maximum atomic E-state index is 12.5. The van der Waals surface area contributed by atoms with Gasteiger partial charge in [0.1, 0.15) is 4.88 Å². The molecule has 1 aromatic carbocycles. The molecule has 3 rings (SSSR count). The van der Waals surface area contributed by atoms with Crippen molar-refractivity contribution in [3.63, 3.8) is 0 Å². The number of terminal acetylenes is 1. The summed E-state index contributed by atoms with van der Waals surface area (Å²) in [5.41, 5.74) is 5.19. The highest BCUT2D eigenvalue weighted by Gasteiger charge is 2.15. The SMILES string of the molecule is C#Cc1ccc(NC(=O)c2scnc2CCc2ccncc2)cc1. The monoisotopic (exact) mass is 333 g/mol. The van der Waals surface area contributed by atoms with Crippen LogP contribution in [-0.4, -0.2) is 15.9 Å². The Morgan fingerprint density at radius 3 is 2.58 bits per heavy atom. The Labute approximate surface area is 144 Å². The minimum absolute atomic E-state index is 0.143.